The molecule has 0 atom stereocenters. The second-order valence-electron chi connectivity index (χ2n) is 0.283. The van der Waals surface area contributed by atoms with Crippen LogP contribution < -0.4 is 0 Å². The molecule has 0 aliphatic carbocycles. The summed E-state index contributed by atoms with van der Waals surface area (Å²) in [6.45, 7) is 0. The number of hydrogen-bond acceptors (Lipinski definition) is 1. The minimum absolute atomic E-state index is 0. The summed E-state index contributed by atoms with van der Waals surface area (Å²) in [7, 11) is -3.13. The zero-order valence-electron chi connectivity index (χ0n) is 2.38. The standard InChI is InChI=1S/Na.H2O3Si.Y.H/c;1-4(2)3;;/h;1-2H;;. The molecule has 0 rings (SSSR count). The van der Waals surface area contributed by atoms with E-state index in [4.69, 9.17) is 14.1 Å². The van der Waals surface area contributed by atoms with Crippen molar-refractivity contribution in [2.24, 2.45) is 0 Å². The second kappa shape index (κ2) is 9.87. The molecule has 29 valence electrons. The van der Waals surface area contributed by atoms with Crippen LogP contribution in [-0.4, -0.2) is 48.3 Å². The molecule has 0 heterocycles. The van der Waals surface area contributed by atoms with Crippen molar-refractivity contribution in [3.8, 4) is 0 Å². The zero-order valence-corrected chi connectivity index (χ0v) is 6.22. The Kier molecular flexibility index (Phi) is 25.7. The van der Waals surface area contributed by atoms with Crippen LogP contribution in [0.1, 0.15) is 0 Å². The molecule has 6 heteroatoms. The zero-order chi connectivity index (χ0) is 3.58. The Bertz CT molecular complexity index is 33.8. The van der Waals surface area contributed by atoms with Crippen LogP contribution in [0.3, 0.4) is 0 Å². The van der Waals surface area contributed by atoms with Crippen molar-refractivity contribution in [1.82, 2.24) is 0 Å². The van der Waals surface area contributed by atoms with Crippen molar-refractivity contribution in [2.75, 3.05) is 0 Å². The molecule has 0 saturated carbocycles. The third kappa shape index (κ3) is 43.1. The minimum Gasteiger partial charge on any atom is 0 e. The van der Waals surface area contributed by atoms with Crippen LogP contribution in [0.5, 0.6) is 0 Å². The van der Waals surface area contributed by atoms with Gasteiger partial charge in [-0.3, -0.25) is 4.46 Å². The maximum atomic E-state index is 8.74. The van der Waals surface area contributed by atoms with Gasteiger partial charge < -0.3 is 9.59 Å². The van der Waals surface area contributed by atoms with Gasteiger partial charge in [0.15, 0.2) is 0 Å². The predicted octanol–water partition coefficient (Wildman–Crippen LogP) is -2.26. The van der Waals surface area contributed by atoms with Crippen molar-refractivity contribution < 1.29 is 46.8 Å². The summed E-state index contributed by atoms with van der Waals surface area (Å²) in [4.78, 5) is 14.3. The third-order valence-corrected chi connectivity index (χ3v) is 0. The van der Waals surface area contributed by atoms with Crippen LogP contribution in [0.2, 0.25) is 0 Å². The topological polar surface area (TPSA) is 57.5 Å². The quantitative estimate of drug-likeness (QED) is 0.424. The van der Waals surface area contributed by atoms with Crippen molar-refractivity contribution in [3.63, 3.8) is 0 Å². The molecule has 0 aliphatic rings. The Balaban J connectivity index is -0.0000000450. The number of hydrogen-bond donors (Lipinski definition) is 2. The van der Waals surface area contributed by atoms with Crippen LogP contribution in [0.4, 0.5) is 0 Å². The summed E-state index contributed by atoms with van der Waals surface area (Å²) >= 11 is 0. The van der Waals surface area contributed by atoms with Gasteiger partial charge in [0.1, 0.15) is 0 Å². The molecule has 0 bridgehead atoms. The second-order valence-corrected chi connectivity index (χ2v) is 0.848. The van der Waals surface area contributed by atoms with Gasteiger partial charge >= 0.3 is 38.7 Å². The van der Waals surface area contributed by atoms with Crippen molar-refractivity contribution >= 4 is 38.7 Å². The van der Waals surface area contributed by atoms with Gasteiger partial charge in [0, 0.05) is 32.7 Å². The van der Waals surface area contributed by atoms with Crippen molar-refractivity contribution in [1.29, 1.82) is 0 Å². The van der Waals surface area contributed by atoms with Crippen LogP contribution in [0, 0.1) is 0 Å². The van der Waals surface area contributed by atoms with E-state index in [9.17, 15) is 0 Å². The molecular weight excluding hydrogens is 188 g/mol. The average molecular weight is 191 g/mol. The normalized spacial score (nSPS) is 4.00. The molecule has 0 aliphatic heterocycles. The summed E-state index contributed by atoms with van der Waals surface area (Å²) in [6, 6.07) is 0. The van der Waals surface area contributed by atoms with E-state index in [0.29, 0.717) is 0 Å². The number of rotatable bonds is 0. The van der Waals surface area contributed by atoms with E-state index >= 15 is 0 Å². The molecule has 0 amide bonds. The minimum atomic E-state index is -3.13. The van der Waals surface area contributed by atoms with Gasteiger partial charge in [-0.15, -0.1) is 0 Å². The molecule has 2 N–H and O–H groups in total. The van der Waals surface area contributed by atoms with Crippen molar-refractivity contribution in [2.45, 2.75) is 0 Å². The largest absolute Gasteiger partial charge is 0 e. The molecule has 0 spiro atoms. The Hall–Kier alpha value is 1.72. The van der Waals surface area contributed by atoms with Crippen LogP contribution in [-0.2, 0) is 37.2 Å². The van der Waals surface area contributed by atoms with Crippen LogP contribution >= 0.6 is 0 Å². The van der Waals surface area contributed by atoms with E-state index in [1.54, 1.807) is 0 Å². The maximum Gasteiger partial charge on any atom is 0 e. The Morgan fingerprint density at radius 1 is 1.33 bits per heavy atom. The molecule has 0 fully saturated rings. The van der Waals surface area contributed by atoms with Gasteiger partial charge in [0.25, 0.3) is 0 Å². The molecular formula is H3NaO3SiY. The summed E-state index contributed by atoms with van der Waals surface area (Å²) in [5, 5.41) is 0. The third-order valence-electron chi connectivity index (χ3n) is 0. The van der Waals surface area contributed by atoms with E-state index in [0.717, 1.165) is 0 Å². The first-order chi connectivity index (χ1) is 1.73. The summed E-state index contributed by atoms with van der Waals surface area (Å²) in [5.41, 5.74) is 0. The smallest absolute Gasteiger partial charge is 0 e. The Morgan fingerprint density at radius 3 is 1.33 bits per heavy atom. The van der Waals surface area contributed by atoms with Crippen molar-refractivity contribution in [3.05, 3.63) is 0 Å². The molecule has 0 aromatic carbocycles. The van der Waals surface area contributed by atoms with Crippen LogP contribution in [0.25, 0.3) is 0 Å². The Labute approximate surface area is 84.2 Å². The maximum absolute atomic E-state index is 8.74. The fraction of sp³-hybridized carbons (Fsp3) is 0. The van der Waals surface area contributed by atoms with E-state index in [1.807, 2.05) is 0 Å². The summed E-state index contributed by atoms with van der Waals surface area (Å²) in [6.07, 6.45) is 0. The molecule has 0 aromatic rings. The van der Waals surface area contributed by atoms with E-state index in [-0.39, 0.29) is 62.3 Å². The van der Waals surface area contributed by atoms with Gasteiger partial charge in [-0.1, -0.05) is 0 Å². The average Bonchev–Trinajstić information content (AvgIpc) is 0.811. The van der Waals surface area contributed by atoms with Gasteiger partial charge in [-0.2, -0.15) is 0 Å². The molecule has 0 unspecified atom stereocenters. The van der Waals surface area contributed by atoms with E-state index < -0.39 is 9.17 Å². The summed E-state index contributed by atoms with van der Waals surface area (Å²) < 4.78 is 8.74. The molecule has 0 aromatic heterocycles. The molecule has 3 nitrogen and oxygen atoms in total. The van der Waals surface area contributed by atoms with Gasteiger partial charge in [-0.05, 0) is 0 Å². The predicted molar refractivity (Wildman–Crippen MR) is 18.0 cm³/mol. The van der Waals surface area contributed by atoms with Crippen LogP contribution in [0.15, 0.2) is 0 Å². The summed E-state index contributed by atoms with van der Waals surface area (Å²) in [5.74, 6) is 0. The first kappa shape index (κ1) is 15.6. The van der Waals surface area contributed by atoms with E-state index in [1.165, 1.54) is 0 Å². The van der Waals surface area contributed by atoms with Gasteiger partial charge in [0.2, 0.25) is 0 Å². The van der Waals surface area contributed by atoms with Gasteiger partial charge in [0.05, 0.1) is 0 Å². The Morgan fingerprint density at radius 2 is 1.33 bits per heavy atom. The molecule has 1 radical (unpaired) electrons. The molecule has 6 heavy (non-hydrogen) atoms. The van der Waals surface area contributed by atoms with E-state index in [2.05, 4.69) is 0 Å². The first-order valence-corrected chi connectivity index (χ1v) is 1.95. The van der Waals surface area contributed by atoms with Gasteiger partial charge in [-0.25, -0.2) is 0 Å². The monoisotopic (exact) mass is 191 g/mol. The molecule has 0 saturated heterocycles. The fourth-order valence-corrected chi connectivity index (χ4v) is 0. The fourth-order valence-electron chi connectivity index (χ4n) is 0. The SMILES string of the molecule is O=[Si](O)O.[NaH].[Y]. The first-order valence-electron chi connectivity index (χ1n) is 0.651.